The lowest BCUT2D eigenvalue weighted by atomic mass is 9.78. The fourth-order valence-corrected chi connectivity index (χ4v) is 2.65. The fraction of sp³-hybridized carbons (Fsp3) is 0.733. The van der Waals surface area contributed by atoms with Crippen molar-refractivity contribution in [2.75, 3.05) is 11.9 Å². The van der Waals surface area contributed by atoms with Crippen molar-refractivity contribution < 1.29 is 4.74 Å². The second kappa shape index (κ2) is 6.73. The van der Waals surface area contributed by atoms with E-state index < -0.39 is 0 Å². The molecule has 1 aromatic rings. The highest BCUT2D eigenvalue weighted by atomic mass is 16.5. The van der Waals surface area contributed by atoms with Gasteiger partial charge in [-0.3, -0.25) is 0 Å². The molecule has 0 aromatic carbocycles. The second-order valence-corrected chi connectivity index (χ2v) is 5.59. The number of nitrogens with one attached hydrogen (secondary N) is 1. The molecule has 0 aliphatic heterocycles. The number of anilines is 1. The van der Waals surface area contributed by atoms with Crippen LogP contribution in [0.5, 0.6) is 5.88 Å². The number of nitrogens with zero attached hydrogens (tertiary/aromatic N) is 2. The standard InChI is InChI=1S/C15H25N3O/c1-4-10-19-14-8-9-16-15(18-14)17-13-7-5-6-11(2)12(13)3/h8-9,11-13H,4-7,10H2,1-3H3,(H,16,17,18). The average molecular weight is 263 g/mol. The number of ether oxygens (including phenoxy) is 1. The number of hydrogen-bond acceptors (Lipinski definition) is 4. The van der Waals surface area contributed by atoms with E-state index in [1.807, 2.05) is 6.07 Å². The van der Waals surface area contributed by atoms with Crippen LogP contribution in [0.2, 0.25) is 0 Å². The summed E-state index contributed by atoms with van der Waals surface area (Å²) in [6, 6.07) is 2.29. The van der Waals surface area contributed by atoms with Gasteiger partial charge in [0.25, 0.3) is 0 Å². The Hall–Kier alpha value is -1.32. The summed E-state index contributed by atoms with van der Waals surface area (Å²) in [7, 11) is 0. The van der Waals surface area contributed by atoms with E-state index >= 15 is 0 Å². The van der Waals surface area contributed by atoms with Gasteiger partial charge in [0.05, 0.1) is 6.61 Å². The van der Waals surface area contributed by atoms with E-state index in [1.165, 1.54) is 19.3 Å². The molecule has 2 rings (SSSR count). The van der Waals surface area contributed by atoms with E-state index in [9.17, 15) is 0 Å². The molecule has 1 aliphatic rings. The van der Waals surface area contributed by atoms with Crippen molar-refractivity contribution >= 4 is 5.95 Å². The molecule has 4 nitrogen and oxygen atoms in total. The molecule has 3 unspecified atom stereocenters. The predicted molar refractivity (Wildman–Crippen MR) is 77.4 cm³/mol. The average Bonchev–Trinajstić information content (AvgIpc) is 2.42. The molecule has 0 bridgehead atoms. The monoisotopic (exact) mass is 263 g/mol. The minimum absolute atomic E-state index is 0.477. The van der Waals surface area contributed by atoms with Crippen LogP contribution in [0.25, 0.3) is 0 Å². The Balaban J connectivity index is 1.98. The normalized spacial score (nSPS) is 27.0. The van der Waals surface area contributed by atoms with E-state index in [0.717, 1.165) is 12.3 Å². The van der Waals surface area contributed by atoms with Crippen molar-refractivity contribution in [1.29, 1.82) is 0 Å². The fourth-order valence-electron chi connectivity index (χ4n) is 2.65. The van der Waals surface area contributed by atoms with Gasteiger partial charge in [-0.25, -0.2) is 4.98 Å². The minimum Gasteiger partial charge on any atom is -0.478 e. The van der Waals surface area contributed by atoms with Crippen LogP contribution in [0.15, 0.2) is 12.3 Å². The summed E-state index contributed by atoms with van der Waals surface area (Å²) in [5.74, 6) is 2.79. The first-order chi connectivity index (χ1) is 9.20. The predicted octanol–water partition coefficient (Wildman–Crippen LogP) is 3.50. The highest BCUT2D eigenvalue weighted by molar-refractivity contribution is 5.29. The molecule has 106 valence electrons. The van der Waals surface area contributed by atoms with Gasteiger partial charge in [0.1, 0.15) is 0 Å². The van der Waals surface area contributed by atoms with Gasteiger partial charge < -0.3 is 10.1 Å². The van der Waals surface area contributed by atoms with E-state index in [2.05, 4.69) is 36.1 Å². The molecule has 0 saturated heterocycles. The maximum absolute atomic E-state index is 5.54. The van der Waals surface area contributed by atoms with E-state index in [4.69, 9.17) is 4.74 Å². The lowest BCUT2D eigenvalue weighted by Crippen LogP contribution is -2.35. The van der Waals surface area contributed by atoms with Crippen molar-refractivity contribution in [3.8, 4) is 5.88 Å². The lowest BCUT2D eigenvalue weighted by molar-refractivity contribution is 0.252. The zero-order chi connectivity index (χ0) is 13.7. The van der Waals surface area contributed by atoms with Crippen molar-refractivity contribution in [1.82, 2.24) is 9.97 Å². The lowest BCUT2D eigenvalue weighted by Gasteiger charge is -2.34. The molecule has 1 aromatic heterocycles. The van der Waals surface area contributed by atoms with Gasteiger partial charge in [-0.1, -0.05) is 33.6 Å². The van der Waals surface area contributed by atoms with Gasteiger partial charge in [0.15, 0.2) is 0 Å². The third kappa shape index (κ3) is 3.82. The maximum atomic E-state index is 5.54. The Morgan fingerprint density at radius 3 is 3.00 bits per heavy atom. The zero-order valence-electron chi connectivity index (χ0n) is 12.2. The van der Waals surface area contributed by atoms with Gasteiger partial charge in [-0.05, 0) is 24.7 Å². The third-order valence-corrected chi connectivity index (χ3v) is 4.11. The van der Waals surface area contributed by atoms with Gasteiger partial charge in [-0.15, -0.1) is 0 Å². The zero-order valence-corrected chi connectivity index (χ0v) is 12.2. The molecule has 1 N–H and O–H groups in total. The first-order valence-corrected chi connectivity index (χ1v) is 7.43. The van der Waals surface area contributed by atoms with E-state index in [0.29, 0.717) is 30.4 Å². The highest BCUT2D eigenvalue weighted by Gasteiger charge is 2.27. The van der Waals surface area contributed by atoms with Crippen LogP contribution in [0.3, 0.4) is 0 Å². The number of aromatic nitrogens is 2. The topological polar surface area (TPSA) is 47.0 Å². The van der Waals surface area contributed by atoms with E-state index in [1.54, 1.807) is 6.20 Å². The quantitative estimate of drug-likeness (QED) is 0.883. The molecule has 1 aliphatic carbocycles. The molecule has 3 atom stereocenters. The van der Waals surface area contributed by atoms with Crippen molar-refractivity contribution in [2.24, 2.45) is 11.8 Å². The summed E-state index contributed by atoms with van der Waals surface area (Å²) >= 11 is 0. The third-order valence-electron chi connectivity index (χ3n) is 4.11. The Bertz CT molecular complexity index is 397. The largest absolute Gasteiger partial charge is 0.478 e. The molecular weight excluding hydrogens is 238 g/mol. The molecular formula is C15H25N3O. The molecule has 19 heavy (non-hydrogen) atoms. The Morgan fingerprint density at radius 1 is 1.37 bits per heavy atom. The molecule has 4 heteroatoms. The van der Waals surface area contributed by atoms with Gasteiger partial charge >= 0.3 is 0 Å². The van der Waals surface area contributed by atoms with Crippen molar-refractivity contribution in [3.63, 3.8) is 0 Å². The van der Waals surface area contributed by atoms with Gasteiger partial charge in [0.2, 0.25) is 11.8 Å². The first kappa shape index (κ1) is 14.1. The van der Waals surface area contributed by atoms with Crippen LogP contribution in [0.1, 0.15) is 46.5 Å². The van der Waals surface area contributed by atoms with Crippen LogP contribution in [0, 0.1) is 11.8 Å². The second-order valence-electron chi connectivity index (χ2n) is 5.59. The minimum atomic E-state index is 0.477. The summed E-state index contributed by atoms with van der Waals surface area (Å²) in [5.41, 5.74) is 0. The maximum Gasteiger partial charge on any atom is 0.226 e. The van der Waals surface area contributed by atoms with Gasteiger partial charge in [0, 0.05) is 18.3 Å². The Morgan fingerprint density at radius 2 is 2.21 bits per heavy atom. The summed E-state index contributed by atoms with van der Waals surface area (Å²) < 4.78 is 5.54. The van der Waals surface area contributed by atoms with Crippen molar-refractivity contribution in [2.45, 2.75) is 52.5 Å². The summed E-state index contributed by atoms with van der Waals surface area (Å²) in [6.45, 7) is 7.44. The Kier molecular flexibility index (Phi) is 5.00. The summed E-state index contributed by atoms with van der Waals surface area (Å²) in [4.78, 5) is 8.72. The SMILES string of the molecule is CCCOc1ccnc(NC2CCCC(C)C2C)n1. The summed E-state index contributed by atoms with van der Waals surface area (Å²) in [6.07, 6.45) is 6.57. The van der Waals surface area contributed by atoms with Crippen LogP contribution in [-0.4, -0.2) is 22.6 Å². The Labute approximate surface area is 116 Å². The summed E-state index contributed by atoms with van der Waals surface area (Å²) in [5, 5.41) is 3.48. The number of hydrogen-bond donors (Lipinski definition) is 1. The first-order valence-electron chi connectivity index (χ1n) is 7.43. The highest BCUT2D eigenvalue weighted by Crippen LogP contribution is 2.31. The molecule has 0 radical (unpaired) electrons. The van der Waals surface area contributed by atoms with Crippen LogP contribution < -0.4 is 10.1 Å². The van der Waals surface area contributed by atoms with Crippen LogP contribution in [0.4, 0.5) is 5.95 Å². The smallest absolute Gasteiger partial charge is 0.226 e. The van der Waals surface area contributed by atoms with Crippen LogP contribution in [-0.2, 0) is 0 Å². The molecule has 1 heterocycles. The van der Waals surface area contributed by atoms with Crippen molar-refractivity contribution in [3.05, 3.63) is 12.3 Å². The van der Waals surface area contributed by atoms with E-state index in [-0.39, 0.29) is 0 Å². The number of rotatable bonds is 5. The molecule has 0 spiro atoms. The van der Waals surface area contributed by atoms with Crippen LogP contribution >= 0.6 is 0 Å². The molecule has 0 amide bonds. The van der Waals surface area contributed by atoms with Gasteiger partial charge in [-0.2, -0.15) is 4.98 Å². The molecule has 1 fully saturated rings. The molecule has 1 saturated carbocycles.